The average molecular weight is 416 g/mol. The van der Waals surface area contributed by atoms with E-state index in [1.165, 1.54) is 6.07 Å². The molecule has 0 unspecified atom stereocenters. The van der Waals surface area contributed by atoms with E-state index in [0.717, 1.165) is 76.1 Å². The van der Waals surface area contributed by atoms with E-state index in [1.54, 1.807) is 0 Å². The molecule has 1 saturated heterocycles. The Morgan fingerprint density at radius 1 is 1.31 bits per heavy atom. The van der Waals surface area contributed by atoms with Crippen LogP contribution in [-0.2, 0) is 10.9 Å². The first-order chi connectivity index (χ1) is 13.9. The Hall–Kier alpha value is -2.03. The molecule has 0 aromatic carbocycles. The van der Waals surface area contributed by atoms with Crippen molar-refractivity contribution in [1.29, 1.82) is 0 Å². The molecule has 0 saturated carbocycles. The number of hydrogen-bond donors (Lipinski definition) is 2. The van der Waals surface area contributed by atoms with Crippen LogP contribution < -0.4 is 10.6 Å². The zero-order valence-electron chi connectivity index (χ0n) is 17.3. The maximum absolute atomic E-state index is 12.5. The van der Waals surface area contributed by atoms with Gasteiger partial charge in [0.05, 0.1) is 5.56 Å². The molecule has 1 aliphatic heterocycles. The third-order valence-electron chi connectivity index (χ3n) is 4.90. The zero-order chi connectivity index (χ0) is 21.1. The molecule has 0 atom stereocenters. The van der Waals surface area contributed by atoms with Crippen LogP contribution in [0.25, 0.3) is 0 Å². The highest BCUT2D eigenvalue weighted by Crippen LogP contribution is 2.28. The molecule has 6 nitrogen and oxygen atoms in total. The van der Waals surface area contributed by atoms with E-state index in [0.29, 0.717) is 18.9 Å². The molecule has 0 aliphatic carbocycles. The van der Waals surface area contributed by atoms with Gasteiger partial charge in [-0.2, -0.15) is 13.2 Å². The van der Waals surface area contributed by atoms with E-state index >= 15 is 0 Å². The van der Waals surface area contributed by atoms with Gasteiger partial charge in [-0.05, 0) is 50.7 Å². The first-order valence-electron chi connectivity index (χ1n) is 10.2. The van der Waals surface area contributed by atoms with Crippen molar-refractivity contribution in [3.05, 3.63) is 23.9 Å². The molecular formula is C20H32F3N5O. The van der Waals surface area contributed by atoms with Gasteiger partial charge in [0.1, 0.15) is 5.82 Å². The first-order valence-corrected chi connectivity index (χ1v) is 10.2. The monoisotopic (exact) mass is 415 g/mol. The van der Waals surface area contributed by atoms with Crippen molar-refractivity contribution in [2.24, 2.45) is 10.9 Å². The van der Waals surface area contributed by atoms with Crippen LogP contribution in [0.1, 0.15) is 38.2 Å². The molecule has 1 aromatic heterocycles. The number of pyridine rings is 1. The van der Waals surface area contributed by atoms with Gasteiger partial charge < -0.3 is 20.3 Å². The Morgan fingerprint density at radius 3 is 2.69 bits per heavy atom. The van der Waals surface area contributed by atoms with E-state index in [4.69, 9.17) is 4.74 Å². The number of hydrogen-bond acceptors (Lipinski definition) is 4. The van der Waals surface area contributed by atoms with E-state index in [-0.39, 0.29) is 0 Å². The van der Waals surface area contributed by atoms with Crippen molar-refractivity contribution in [3.63, 3.8) is 0 Å². The van der Waals surface area contributed by atoms with Crippen molar-refractivity contribution in [2.45, 2.75) is 38.8 Å². The van der Waals surface area contributed by atoms with Gasteiger partial charge in [-0.25, -0.2) is 4.98 Å². The second-order valence-electron chi connectivity index (χ2n) is 7.21. The summed E-state index contributed by atoms with van der Waals surface area (Å²) in [6.45, 7) is 6.73. The molecule has 1 fully saturated rings. The molecule has 0 radical (unpaired) electrons. The minimum atomic E-state index is -4.36. The SMILES string of the molecule is CCNC(=NCCCNc1ccc(C(F)(F)F)cn1)N(C)CCC1CCOCC1. The lowest BCUT2D eigenvalue weighted by Crippen LogP contribution is -2.40. The van der Waals surface area contributed by atoms with Crippen LogP contribution >= 0.6 is 0 Å². The number of halogens is 3. The Morgan fingerprint density at radius 2 is 2.07 bits per heavy atom. The number of aliphatic imine (C=N–C) groups is 1. The number of ether oxygens (including phenoxy) is 1. The smallest absolute Gasteiger partial charge is 0.381 e. The molecule has 9 heteroatoms. The zero-order valence-corrected chi connectivity index (χ0v) is 17.3. The molecule has 0 spiro atoms. The summed E-state index contributed by atoms with van der Waals surface area (Å²) < 4.78 is 43.0. The minimum absolute atomic E-state index is 0.433. The standard InChI is InChI=1S/C20H32F3N5O/c1-3-24-19(28(2)12-7-16-8-13-29-14-9-16)26-11-4-10-25-18-6-5-17(15-27-18)20(21,22)23/h5-6,15-16H,3-4,7-14H2,1-2H3,(H,24,26)(H,25,27). The highest BCUT2D eigenvalue weighted by atomic mass is 19.4. The summed E-state index contributed by atoms with van der Waals surface area (Å²) in [7, 11) is 2.05. The first kappa shape index (κ1) is 23.3. The summed E-state index contributed by atoms with van der Waals surface area (Å²) in [4.78, 5) is 10.6. The van der Waals surface area contributed by atoms with E-state index in [1.807, 2.05) is 14.0 Å². The van der Waals surface area contributed by atoms with Gasteiger partial charge in [0.25, 0.3) is 0 Å². The Balaban J connectivity index is 1.72. The van der Waals surface area contributed by atoms with Crippen LogP contribution in [0, 0.1) is 5.92 Å². The van der Waals surface area contributed by atoms with Gasteiger partial charge in [0, 0.05) is 52.6 Å². The fourth-order valence-corrected chi connectivity index (χ4v) is 3.13. The third-order valence-corrected chi connectivity index (χ3v) is 4.90. The predicted molar refractivity (Wildman–Crippen MR) is 109 cm³/mol. The molecule has 2 rings (SSSR count). The second kappa shape index (κ2) is 11.8. The van der Waals surface area contributed by atoms with Gasteiger partial charge in [-0.15, -0.1) is 0 Å². The summed E-state index contributed by atoms with van der Waals surface area (Å²) in [5.41, 5.74) is -0.744. The fourth-order valence-electron chi connectivity index (χ4n) is 3.13. The van der Waals surface area contributed by atoms with Crippen LogP contribution in [0.2, 0.25) is 0 Å². The molecular weight excluding hydrogens is 383 g/mol. The molecule has 2 N–H and O–H groups in total. The number of guanidine groups is 1. The van der Waals surface area contributed by atoms with Crippen LogP contribution in [0.5, 0.6) is 0 Å². The van der Waals surface area contributed by atoms with E-state index in [2.05, 4.69) is 25.5 Å². The number of aromatic nitrogens is 1. The fraction of sp³-hybridized carbons (Fsp3) is 0.700. The quantitative estimate of drug-likeness (QED) is 0.367. The summed E-state index contributed by atoms with van der Waals surface area (Å²) in [5, 5.41) is 6.34. The van der Waals surface area contributed by atoms with E-state index in [9.17, 15) is 13.2 Å². The second-order valence-corrected chi connectivity index (χ2v) is 7.21. The largest absolute Gasteiger partial charge is 0.417 e. The normalized spacial score (nSPS) is 16.0. The minimum Gasteiger partial charge on any atom is -0.381 e. The Bertz CT molecular complexity index is 616. The van der Waals surface area contributed by atoms with E-state index < -0.39 is 11.7 Å². The summed E-state index contributed by atoms with van der Waals surface area (Å²) in [5.74, 6) is 2.03. The van der Waals surface area contributed by atoms with Crippen LogP contribution in [0.4, 0.5) is 19.0 Å². The molecule has 0 bridgehead atoms. The summed E-state index contributed by atoms with van der Waals surface area (Å²) in [6, 6.07) is 2.38. The van der Waals surface area contributed by atoms with Crippen molar-refractivity contribution < 1.29 is 17.9 Å². The summed E-state index contributed by atoms with van der Waals surface area (Å²) in [6.07, 6.45) is 0.629. The number of nitrogens with zero attached hydrogens (tertiary/aromatic N) is 3. The Kier molecular flexibility index (Phi) is 9.50. The van der Waals surface area contributed by atoms with Gasteiger partial charge in [-0.3, -0.25) is 4.99 Å². The number of alkyl halides is 3. The molecule has 2 heterocycles. The van der Waals surface area contributed by atoms with Gasteiger partial charge in [0.15, 0.2) is 5.96 Å². The average Bonchev–Trinajstić information content (AvgIpc) is 2.71. The van der Waals surface area contributed by atoms with Crippen molar-refractivity contribution in [1.82, 2.24) is 15.2 Å². The van der Waals surface area contributed by atoms with Crippen molar-refractivity contribution in [3.8, 4) is 0 Å². The number of anilines is 1. The molecule has 1 aromatic rings. The highest BCUT2D eigenvalue weighted by molar-refractivity contribution is 5.79. The lowest BCUT2D eigenvalue weighted by atomic mass is 9.96. The van der Waals surface area contributed by atoms with Gasteiger partial charge in [0.2, 0.25) is 0 Å². The van der Waals surface area contributed by atoms with Gasteiger partial charge >= 0.3 is 6.18 Å². The maximum atomic E-state index is 12.5. The summed E-state index contributed by atoms with van der Waals surface area (Å²) >= 11 is 0. The Labute approximate surface area is 170 Å². The van der Waals surface area contributed by atoms with Crippen molar-refractivity contribution >= 4 is 11.8 Å². The third kappa shape index (κ3) is 8.47. The van der Waals surface area contributed by atoms with Crippen molar-refractivity contribution in [2.75, 3.05) is 51.8 Å². The van der Waals surface area contributed by atoms with Crippen LogP contribution in [0.3, 0.4) is 0 Å². The number of nitrogens with one attached hydrogen (secondary N) is 2. The molecule has 1 aliphatic rings. The molecule has 29 heavy (non-hydrogen) atoms. The molecule has 0 amide bonds. The van der Waals surface area contributed by atoms with Crippen LogP contribution in [-0.4, -0.2) is 62.3 Å². The molecule has 164 valence electrons. The lowest BCUT2D eigenvalue weighted by Gasteiger charge is -2.26. The predicted octanol–water partition coefficient (Wildman–Crippen LogP) is 3.62. The van der Waals surface area contributed by atoms with Crippen LogP contribution in [0.15, 0.2) is 23.3 Å². The lowest BCUT2D eigenvalue weighted by molar-refractivity contribution is -0.137. The topological polar surface area (TPSA) is 61.8 Å². The highest BCUT2D eigenvalue weighted by Gasteiger charge is 2.30. The van der Waals surface area contributed by atoms with Gasteiger partial charge in [-0.1, -0.05) is 0 Å². The maximum Gasteiger partial charge on any atom is 0.417 e. The number of rotatable bonds is 9.